The summed E-state index contributed by atoms with van der Waals surface area (Å²) in [7, 11) is 0. The first-order chi connectivity index (χ1) is 9.53. The molecule has 2 nitrogen and oxygen atoms in total. The normalized spacial score (nSPS) is 23.0. The summed E-state index contributed by atoms with van der Waals surface area (Å²) in [5, 5.41) is 3.70. The molecule has 1 aliphatic heterocycles. The molecule has 1 aromatic rings. The van der Waals surface area contributed by atoms with Gasteiger partial charge in [-0.05, 0) is 48.9 Å². The van der Waals surface area contributed by atoms with Crippen molar-refractivity contribution in [2.75, 3.05) is 13.2 Å². The maximum absolute atomic E-state index is 5.81. The van der Waals surface area contributed by atoms with E-state index in [0.29, 0.717) is 6.04 Å². The molecule has 20 heavy (non-hydrogen) atoms. The van der Waals surface area contributed by atoms with E-state index >= 15 is 0 Å². The molecular weight excluding hydrogens is 246 g/mol. The van der Waals surface area contributed by atoms with Crippen LogP contribution in [0, 0.1) is 11.8 Å². The summed E-state index contributed by atoms with van der Waals surface area (Å²) in [4.78, 5) is 0. The van der Waals surface area contributed by atoms with E-state index in [0.717, 1.165) is 30.7 Å². The van der Waals surface area contributed by atoms with E-state index in [2.05, 4.69) is 51.2 Å². The molecule has 110 valence electrons. The first-order valence-corrected chi connectivity index (χ1v) is 8.03. The minimum Gasteiger partial charge on any atom is -0.492 e. The second-order valence-electron chi connectivity index (χ2n) is 7.16. The van der Waals surface area contributed by atoms with Crippen LogP contribution in [0.2, 0.25) is 0 Å². The van der Waals surface area contributed by atoms with Gasteiger partial charge in [-0.15, -0.1) is 0 Å². The molecule has 0 spiro atoms. The Labute approximate surface area is 122 Å². The third-order valence-electron chi connectivity index (χ3n) is 5.00. The fourth-order valence-electron chi connectivity index (χ4n) is 3.45. The Morgan fingerprint density at radius 1 is 1.35 bits per heavy atom. The molecule has 0 saturated heterocycles. The number of benzene rings is 1. The third-order valence-corrected chi connectivity index (χ3v) is 5.00. The van der Waals surface area contributed by atoms with Crippen molar-refractivity contribution in [2.24, 2.45) is 11.8 Å². The molecule has 3 rings (SSSR count). The van der Waals surface area contributed by atoms with Crippen molar-refractivity contribution in [3.63, 3.8) is 0 Å². The number of hydrogen-bond donors (Lipinski definition) is 1. The first-order valence-electron chi connectivity index (χ1n) is 8.03. The first kappa shape index (κ1) is 13.9. The van der Waals surface area contributed by atoms with Crippen LogP contribution in [0.25, 0.3) is 0 Å². The number of nitrogens with one attached hydrogen (secondary N) is 1. The highest BCUT2D eigenvalue weighted by Crippen LogP contribution is 2.45. The summed E-state index contributed by atoms with van der Waals surface area (Å²) in [6.07, 6.45) is 2.81. The van der Waals surface area contributed by atoms with Gasteiger partial charge in [0.05, 0.1) is 6.61 Å². The highest BCUT2D eigenvalue weighted by Gasteiger charge is 2.36. The van der Waals surface area contributed by atoms with Crippen LogP contribution >= 0.6 is 0 Å². The quantitative estimate of drug-likeness (QED) is 0.873. The van der Waals surface area contributed by atoms with Crippen LogP contribution in [0.1, 0.15) is 57.7 Å². The lowest BCUT2D eigenvalue weighted by molar-refractivity contribution is 0.291. The van der Waals surface area contributed by atoms with Gasteiger partial charge >= 0.3 is 0 Å². The summed E-state index contributed by atoms with van der Waals surface area (Å²) >= 11 is 0. The van der Waals surface area contributed by atoms with E-state index < -0.39 is 0 Å². The summed E-state index contributed by atoms with van der Waals surface area (Å²) < 4.78 is 5.81. The number of rotatable bonds is 5. The molecule has 1 aliphatic carbocycles. The standard InChI is InChI=1S/C18H27NO/c1-5-19-17(12(2)13-6-7-13)14-8-9-16-15(10-14)18(3,4)11-20-16/h8-10,12-13,17,19H,5-7,11H2,1-4H3. The molecule has 1 saturated carbocycles. The molecule has 0 aromatic heterocycles. The molecule has 2 atom stereocenters. The van der Waals surface area contributed by atoms with Crippen LogP contribution in [-0.2, 0) is 5.41 Å². The van der Waals surface area contributed by atoms with Crippen molar-refractivity contribution < 1.29 is 4.74 Å². The average Bonchev–Trinajstić information content (AvgIpc) is 3.22. The van der Waals surface area contributed by atoms with Crippen molar-refractivity contribution in [3.8, 4) is 5.75 Å². The molecule has 0 amide bonds. The predicted molar refractivity (Wildman–Crippen MR) is 83.3 cm³/mol. The Kier molecular flexibility index (Phi) is 3.53. The zero-order valence-electron chi connectivity index (χ0n) is 13.2. The molecular formula is C18H27NO. The zero-order valence-corrected chi connectivity index (χ0v) is 13.2. The molecule has 2 heteroatoms. The Balaban J connectivity index is 1.91. The number of fused-ring (bicyclic) bond motifs is 1. The highest BCUT2D eigenvalue weighted by atomic mass is 16.5. The number of hydrogen-bond acceptors (Lipinski definition) is 2. The van der Waals surface area contributed by atoms with Crippen LogP contribution in [0.15, 0.2) is 18.2 Å². The lowest BCUT2D eigenvalue weighted by atomic mass is 9.83. The summed E-state index contributed by atoms with van der Waals surface area (Å²) in [6, 6.07) is 7.29. The molecule has 2 aliphatic rings. The van der Waals surface area contributed by atoms with Gasteiger partial charge in [0.25, 0.3) is 0 Å². The van der Waals surface area contributed by atoms with Gasteiger partial charge in [0.2, 0.25) is 0 Å². The lowest BCUT2D eigenvalue weighted by Crippen LogP contribution is -2.28. The minimum absolute atomic E-state index is 0.144. The maximum atomic E-state index is 5.81. The van der Waals surface area contributed by atoms with Gasteiger partial charge in [-0.3, -0.25) is 0 Å². The fourth-order valence-corrected chi connectivity index (χ4v) is 3.45. The van der Waals surface area contributed by atoms with Gasteiger partial charge in [-0.1, -0.05) is 33.8 Å². The molecule has 2 unspecified atom stereocenters. The van der Waals surface area contributed by atoms with E-state index in [1.807, 2.05) is 0 Å². The monoisotopic (exact) mass is 273 g/mol. The molecule has 1 aromatic carbocycles. The SMILES string of the molecule is CCNC(c1ccc2c(c1)C(C)(C)CO2)C(C)C1CC1. The highest BCUT2D eigenvalue weighted by molar-refractivity contribution is 5.46. The largest absolute Gasteiger partial charge is 0.492 e. The van der Waals surface area contributed by atoms with Gasteiger partial charge in [0, 0.05) is 17.0 Å². The zero-order chi connectivity index (χ0) is 14.3. The van der Waals surface area contributed by atoms with Crippen molar-refractivity contribution in [1.29, 1.82) is 0 Å². The van der Waals surface area contributed by atoms with Gasteiger partial charge in [-0.25, -0.2) is 0 Å². The Morgan fingerprint density at radius 2 is 2.10 bits per heavy atom. The van der Waals surface area contributed by atoms with Crippen molar-refractivity contribution in [3.05, 3.63) is 29.3 Å². The fraction of sp³-hybridized carbons (Fsp3) is 0.667. The van der Waals surface area contributed by atoms with Crippen LogP contribution in [0.3, 0.4) is 0 Å². The van der Waals surface area contributed by atoms with E-state index in [1.54, 1.807) is 0 Å². The van der Waals surface area contributed by atoms with Gasteiger partial charge in [0.1, 0.15) is 5.75 Å². The topological polar surface area (TPSA) is 21.3 Å². The number of ether oxygens (including phenoxy) is 1. The minimum atomic E-state index is 0.144. The van der Waals surface area contributed by atoms with E-state index in [4.69, 9.17) is 4.74 Å². The van der Waals surface area contributed by atoms with Crippen LogP contribution in [0.5, 0.6) is 5.75 Å². The molecule has 0 bridgehead atoms. The van der Waals surface area contributed by atoms with Crippen LogP contribution in [0.4, 0.5) is 0 Å². The second kappa shape index (κ2) is 5.07. The lowest BCUT2D eigenvalue weighted by Gasteiger charge is -2.26. The Hall–Kier alpha value is -1.02. The predicted octanol–water partition coefficient (Wildman–Crippen LogP) is 4.05. The molecule has 1 fully saturated rings. The van der Waals surface area contributed by atoms with Crippen molar-refractivity contribution >= 4 is 0 Å². The molecule has 0 radical (unpaired) electrons. The maximum Gasteiger partial charge on any atom is 0.123 e. The van der Waals surface area contributed by atoms with Gasteiger partial charge < -0.3 is 10.1 Å². The third kappa shape index (κ3) is 2.46. The van der Waals surface area contributed by atoms with Crippen molar-refractivity contribution in [2.45, 2.75) is 52.0 Å². The van der Waals surface area contributed by atoms with E-state index in [9.17, 15) is 0 Å². The second-order valence-corrected chi connectivity index (χ2v) is 7.16. The van der Waals surface area contributed by atoms with Crippen LogP contribution in [-0.4, -0.2) is 13.2 Å². The van der Waals surface area contributed by atoms with Crippen molar-refractivity contribution in [1.82, 2.24) is 5.32 Å². The molecule has 1 N–H and O–H groups in total. The van der Waals surface area contributed by atoms with E-state index in [-0.39, 0.29) is 5.41 Å². The Morgan fingerprint density at radius 3 is 2.75 bits per heavy atom. The summed E-state index contributed by atoms with van der Waals surface area (Å²) in [5.41, 5.74) is 2.95. The molecule has 1 heterocycles. The van der Waals surface area contributed by atoms with Gasteiger partial charge in [-0.2, -0.15) is 0 Å². The average molecular weight is 273 g/mol. The summed E-state index contributed by atoms with van der Waals surface area (Å²) in [6.45, 7) is 11.0. The smallest absolute Gasteiger partial charge is 0.123 e. The van der Waals surface area contributed by atoms with Gasteiger partial charge in [0.15, 0.2) is 0 Å². The van der Waals surface area contributed by atoms with Crippen LogP contribution < -0.4 is 10.1 Å². The summed E-state index contributed by atoms with van der Waals surface area (Å²) in [5.74, 6) is 2.71. The Bertz CT molecular complexity index is 490. The van der Waals surface area contributed by atoms with E-state index in [1.165, 1.54) is 24.0 Å².